The maximum atomic E-state index is 11.7. The molecule has 3 nitrogen and oxygen atoms in total. The summed E-state index contributed by atoms with van der Waals surface area (Å²) in [5, 5.41) is 1.59. The number of carbonyl (C=O) groups is 1. The van der Waals surface area contributed by atoms with E-state index in [0.29, 0.717) is 17.3 Å². The number of aromatic amines is 1. The fourth-order valence-corrected chi connectivity index (χ4v) is 2.25. The molecule has 0 radical (unpaired) electrons. The number of aryl methyl sites for hydroxylation is 2. The van der Waals surface area contributed by atoms with E-state index in [1.807, 2.05) is 26.0 Å². The summed E-state index contributed by atoms with van der Waals surface area (Å²) in [4.78, 5) is 14.8. The number of hydrogen-bond donors (Lipinski definition) is 1. The highest BCUT2D eigenvalue weighted by atomic mass is 35.5. The predicted octanol–water partition coefficient (Wildman–Crippen LogP) is 3.61. The molecule has 0 saturated heterocycles. The zero-order valence-corrected chi connectivity index (χ0v) is 10.8. The molecule has 0 unspecified atom stereocenters. The molecule has 0 fully saturated rings. The van der Waals surface area contributed by atoms with Gasteiger partial charge in [-0.3, -0.25) is 0 Å². The standard InChI is InChI=1S/C13H14ClNO2/c1-4-17-13(16)11-8(3)9-5-7(2)6-10(14)12(9)15-11/h5-6,15H,4H2,1-3H3. The molecule has 2 aromatic rings. The molecule has 1 heterocycles. The molecule has 0 aliphatic rings. The molecule has 2 rings (SSSR count). The van der Waals surface area contributed by atoms with Crippen LogP contribution in [-0.2, 0) is 4.74 Å². The van der Waals surface area contributed by atoms with Crippen LogP contribution in [0.1, 0.15) is 28.5 Å². The summed E-state index contributed by atoms with van der Waals surface area (Å²) in [7, 11) is 0. The monoisotopic (exact) mass is 251 g/mol. The molecule has 0 amide bonds. The molecular weight excluding hydrogens is 238 g/mol. The van der Waals surface area contributed by atoms with Crippen LogP contribution in [0.15, 0.2) is 12.1 Å². The average Bonchev–Trinajstić information content (AvgIpc) is 2.57. The van der Waals surface area contributed by atoms with Crippen LogP contribution in [0, 0.1) is 13.8 Å². The largest absolute Gasteiger partial charge is 0.461 e. The van der Waals surface area contributed by atoms with Gasteiger partial charge in [0.05, 0.1) is 17.1 Å². The fraction of sp³-hybridized carbons (Fsp3) is 0.308. The molecule has 0 aliphatic heterocycles. The van der Waals surface area contributed by atoms with Crippen LogP contribution in [0.25, 0.3) is 10.9 Å². The van der Waals surface area contributed by atoms with Gasteiger partial charge in [0.25, 0.3) is 0 Å². The number of hydrogen-bond acceptors (Lipinski definition) is 2. The van der Waals surface area contributed by atoms with Crippen molar-refractivity contribution in [3.8, 4) is 0 Å². The number of H-pyrrole nitrogens is 1. The summed E-state index contributed by atoms with van der Waals surface area (Å²) >= 11 is 6.15. The van der Waals surface area contributed by atoms with Crippen molar-refractivity contribution in [1.82, 2.24) is 4.98 Å². The minimum absolute atomic E-state index is 0.338. The summed E-state index contributed by atoms with van der Waals surface area (Å²) in [5.41, 5.74) is 3.22. The molecule has 0 saturated carbocycles. The van der Waals surface area contributed by atoms with E-state index in [9.17, 15) is 4.79 Å². The molecule has 4 heteroatoms. The Morgan fingerprint density at radius 3 is 2.76 bits per heavy atom. The molecule has 0 spiro atoms. The highest BCUT2D eigenvalue weighted by molar-refractivity contribution is 6.35. The highest BCUT2D eigenvalue weighted by Gasteiger charge is 2.17. The van der Waals surface area contributed by atoms with Gasteiger partial charge in [-0.05, 0) is 44.0 Å². The molecule has 1 aromatic carbocycles. The Balaban J connectivity index is 2.64. The van der Waals surface area contributed by atoms with Crippen LogP contribution < -0.4 is 0 Å². The fourth-order valence-electron chi connectivity index (χ4n) is 1.93. The van der Waals surface area contributed by atoms with Crippen molar-refractivity contribution in [3.05, 3.63) is 34.0 Å². The summed E-state index contributed by atoms with van der Waals surface area (Å²) < 4.78 is 5.00. The predicted molar refractivity (Wildman–Crippen MR) is 68.7 cm³/mol. The van der Waals surface area contributed by atoms with Crippen molar-refractivity contribution in [3.63, 3.8) is 0 Å². The second-order valence-electron chi connectivity index (χ2n) is 4.01. The van der Waals surface area contributed by atoms with Crippen molar-refractivity contribution < 1.29 is 9.53 Å². The zero-order valence-electron chi connectivity index (χ0n) is 10.1. The lowest BCUT2D eigenvalue weighted by Gasteiger charge is -1.99. The second kappa shape index (κ2) is 4.41. The third-order valence-corrected chi connectivity index (χ3v) is 3.04. The summed E-state index contributed by atoms with van der Waals surface area (Å²) in [5.74, 6) is -0.338. The average molecular weight is 252 g/mol. The first-order valence-corrected chi connectivity index (χ1v) is 5.88. The van der Waals surface area contributed by atoms with Crippen LogP contribution in [0.5, 0.6) is 0 Å². The number of esters is 1. The number of benzene rings is 1. The van der Waals surface area contributed by atoms with E-state index < -0.39 is 0 Å². The van der Waals surface area contributed by atoms with Gasteiger partial charge in [-0.15, -0.1) is 0 Å². The van der Waals surface area contributed by atoms with Gasteiger partial charge in [0.15, 0.2) is 0 Å². The van der Waals surface area contributed by atoms with E-state index in [-0.39, 0.29) is 5.97 Å². The van der Waals surface area contributed by atoms with Crippen molar-refractivity contribution in [2.75, 3.05) is 6.61 Å². The molecule has 1 aromatic heterocycles. The van der Waals surface area contributed by atoms with E-state index in [4.69, 9.17) is 16.3 Å². The minimum Gasteiger partial charge on any atom is -0.461 e. The number of aromatic nitrogens is 1. The third kappa shape index (κ3) is 2.03. The molecule has 0 bridgehead atoms. The van der Waals surface area contributed by atoms with Gasteiger partial charge in [-0.1, -0.05) is 11.6 Å². The van der Waals surface area contributed by atoms with E-state index >= 15 is 0 Å². The molecule has 1 N–H and O–H groups in total. The van der Waals surface area contributed by atoms with Gasteiger partial charge >= 0.3 is 5.97 Å². The summed E-state index contributed by atoms with van der Waals surface area (Å²) in [6.45, 7) is 6.01. The molecule has 0 aliphatic carbocycles. The highest BCUT2D eigenvalue weighted by Crippen LogP contribution is 2.29. The van der Waals surface area contributed by atoms with E-state index in [1.54, 1.807) is 6.92 Å². The molecule has 90 valence electrons. The third-order valence-electron chi connectivity index (χ3n) is 2.74. The smallest absolute Gasteiger partial charge is 0.355 e. The van der Waals surface area contributed by atoms with Gasteiger partial charge in [0, 0.05) is 5.39 Å². The topological polar surface area (TPSA) is 42.1 Å². The maximum absolute atomic E-state index is 11.7. The normalized spacial score (nSPS) is 10.8. The molecule has 0 atom stereocenters. The van der Waals surface area contributed by atoms with Crippen LogP contribution in [0.2, 0.25) is 5.02 Å². The quantitative estimate of drug-likeness (QED) is 0.829. The first-order valence-electron chi connectivity index (χ1n) is 5.50. The van der Waals surface area contributed by atoms with Crippen LogP contribution >= 0.6 is 11.6 Å². The summed E-state index contributed by atoms with van der Waals surface area (Å²) in [6.07, 6.45) is 0. The van der Waals surface area contributed by atoms with Crippen molar-refractivity contribution in [1.29, 1.82) is 0 Å². The Labute approximate surface area is 105 Å². The number of rotatable bonds is 2. The maximum Gasteiger partial charge on any atom is 0.355 e. The number of fused-ring (bicyclic) bond motifs is 1. The van der Waals surface area contributed by atoms with Crippen LogP contribution in [0.4, 0.5) is 0 Å². The molecular formula is C13H14ClNO2. The lowest BCUT2D eigenvalue weighted by molar-refractivity contribution is 0.0520. The van der Waals surface area contributed by atoms with E-state index in [2.05, 4.69) is 4.98 Å². The minimum atomic E-state index is -0.338. The zero-order chi connectivity index (χ0) is 12.6. The summed E-state index contributed by atoms with van der Waals surface area (Å²) in [6, 6.07) is 3.88. The first kappa shape index (κ1) is 12.0. The molecule has 17 heavy (non-hydrogen) atoms. The Morgan fingerprint density at radius 1 is 1.41 bits per heavy atom. The van der Waals surface area contributed by atoms with Gasteiger partial charge in [-0.2, -0.15) is 0 Å². The Kier molecular flexibility index (Phi) is 3.11. The number of ether oxygens (including phenoxy) is 1. The van der Waals surface area contributed by atoms with Gasteiger partial charge in [0.2, 0.25) is 0 Å². The van der Waals surface area contributed by atoms with Crippen LogP contribution in [0.3, 0.4) is 0 Å². The number of carbonyl (C=O) groups excluding carboxylic acids is 1. The first-order chi connectivity index (χ1) is 8.04. The lowest BCUT2D eigenvalue weighted by Crippen LogP contribution is -2.06. The lowest BCUT2D eigenvalue weighted by atomic mass is 10.1. The number of nitrogens with one attached hydrogen (secondary N) is 1. The number of halogens is 1. The Hall–Kier alpha value is -1.48. The SMILES string of the molecule is CCOC(=O)c1[nH]c2c(Cl)cc(C)cc2c1C. The Morgan fingerprint density at radius 2 is 2.12 bits per heavy atom. The van der Waals surface area contributed by atoms with Gasteiger partial charge < -0.3 is 9.72 Å². The van der Waals surface area contributed by atoms with Crippen molar-refractivity contribution >= 4 is 28.5 Å². The van der Waals surface area contributed by atoms with E-state index in [1.165, 1.54) is 0 Å². The Bertz CT molecular complexity index is 587. The second-order valence-corrected chi connectivity index (χ2v) is 4.42. The van der Waals surface area contributed by atoms with Crippen molar-refractivity contribution in [2.45, 2.75) is 20.8 Å². The van der Waals surface area contributed by atoms with Crippen LogP contribution in [-0.4, -0.2) is 17.6 Å². The van der Waals surface area contributed by atoms with Crippen molar-refractivity contribution in [2.24, 2.45) is 0 Å². The van der Waals surface area contributed by atoms with E-state index in [0.717, 1.165) is 22.0 Å². The van der Waals surface area contributed by atoms with Gasteiger partial charge in [0.1, 0.15) is 5.69 Å². The van der Waals surface area contributed by atoms with Gasteiger partial charge in [-0.25, -0.2) is 4.79 Å².